The van der Waals surface area contributed by atoms with E-state index in [1.165, 1.54) is 89.0 Å². The summed E-state index contributed by atoms with van der Waals surface area (Å²) in [5.74, 6) is 0. The van der Waals surface area contributed by atoms with E-state index >= 15 is 0 Å². The molecule has 294 valence electrons. The van der Waals surface area contributed by atoms with Crippen molar-refractivity contribution in [2.75, 3.05) is 0 Å². The fourth-order valence-corrected chi connectivity index (χ4v) is 10.8. The molecule has 6 aromatic heterocycles. The first-order chi connectivity index (χ1) is 30.7. The van der Waals surface area contributed by atoms with Crippen LogP contribution in [0.4, 0.5) is 0 Å². The summed E-state index contributed by atoms with van der Waals surface area (Å²) < 4.78 is 0. The van der Waals surface area contributed by atoms with Crippen molar-refractivity contribution in [1.82, 2.24) is 29.9 Å². The van der Waals surface area contributed by atoms with E-state index in [4.69, 9.17) is 29.9 Å². The highest BCUT2D eigenvalue weighted by Gasteiger charge is 2.32. The zero-order valence-corrected chi connectivity index (χ0v) is 34.2. The first kappa shape index (κ1) is 35.3. The van der Waals surface area contributed by atoms with E-state index < -0.39 is 0 Å². The van der Waals surface area contributed by atoms with E-state index in [2.05, 4.69) is 97.1 Å². The third-order valence-electron chi connectivity index (χ3n) is 13.7. The van der Waals surface area contributed by atoms with Gasteiger partial charge in [0, 0.05) is 24.8 Å². The Labute approximate surface area is 360 Å². The van der Waals surface area contributed by atoms with Crippen LogP contribution in [-0.2, 0) is 51.4 Å². The van der Waals surface area contributed by atoms with Crippen molar-refractivity contribution in [1.29, 1.82) is 0 Å². The molecule has 0 unspecified atom stereocenters. The van der Waals surface area contributed by atoms with Crippen molar-refractivity contribution < 1.29 is 0 Å². The average Bonchev–Trinajstić information content (AvgIpc) is 3.35. The molecule has 0 saturated carbocycles. The number of pyridine rings is 6. The van der Waals surface area contributed by atoms with E-state index in [1.807, 2.05) is 49.1 Å². The van der Waals surface area contributed by atoms with Crippen molar-refractivity contribution in [2.45, 2.75) is 51.4 Å². The van der Waals surface area contributed by atoms with Gasteiger partial charge in [0.15, 0.2) is 0 Å². The van der Waals surface area contributed by atoms with Crippen LogP contribution >= 0.6 is 0 Å². The molecule has 6 heterocycles. The summed E-state index contributed by atoms with van der Waals surface area (Å²) in [6.07, 6.45) is 15.3. The van der Waals surface area contributed by atoms with E-state index in [0.717, 1.165) is 96.9 Å². The molecule has 4 aliphatic carbocycles. The molecule has 0 bridgehead atoms. The number of aryl methyl sites for hydroxylation is 4. The smallest absolute Gasteiger partial charge is 0.0935 e. The van der Waals surface area contributed by atoms with Crippen LogP contribution in [-0.4, -0.2) is 29.9 Å². The topological polar surface area (TPSA) is 77.3 Å². The summed E-state index contributed by atoms with van der Waals surface area (Å²) in [6.45, 7) is 0. The Kier molecular flexibility index (Phi) is 8.02. The number of benzene rings is 3. The van der Waals surface area contributed by atoms with Gasteiger partial charge in [0.2, 0.25) is 0 Å². The molecule has 62 heavy (non-hydrogen) atoms. The molecule has 6 heteroatoms. The normalized spacial score (nSPS) is 13.9. The largest absolute Gasteiger partial charge is 0.254 e. The molecule has 0 spiro atoms. The van der Waals surface area contributed by atoms with Gasteiger partial charge < -0.3 is 0 Å². The Hall–Kier alpha value is -7.44. The van der Waals surface area contributed by atoms with Gasteiger partial charge in [-0.1, -0.05) is 97.1 Å². The van der Waals surface area contributed by atoms with Crippen LogP contribution in [0.2, 0.25) is 0 Å². The summed E-state index contributed by atoms with van der Waals surface area (Å²) in [5, 5.41) is 0. The van der Waals surface area contributed by atoms with Gasteiger partial charge in [0.05, 0.1) is 45.6 Å². The molecule has 0 fully saturated rings. The van der Waals surface area contributed by atoms with Crippen molar-refractivity contribution in [3.05, 3.63) is 191 Å². The lowest BCUT2D eigenvalue weighted by Gasteiger charge is -2.28. The second-order valence-electron chi connectivity index (χ2n) is 17.1. The molecule has 0 N–H and O–H groups in total. The first-order valence-corrected chi connectivity index (χ1v) is 21.9. The Bertz CT molecular complexity index is 2910. The quantitative estimate of drug-likeness (QED) is 0.176. The van der Waals surface area contributed by atoms with Crippen LogP contribution < -0.4 is 0 Å². The second kappa shape index (κ2) is 14.1. The van der Waals surface area contributed by atoms with Gasteiger partial charge in [0.1, 0.15) is 0 Å². The van der Waals surface area contributed by atoms with Crippen LogP contribution in [0, 0.1) is 0 Å². The van der Waals surface area contributed by atoms with Gasteiger partial charge in [0.25, 0.3) is 0 Å². The summed E-state index contributed by atoms with van der Waals surface area (Å²) in [4.78, 5) is 30.1. The van der Waals surface area contributed by atoms with Crippen LogP contribution in [0.3, 0.4) is 0 Å². The van der Waals surface area contributed by atoms with Gasteiger partial charge in [-0.2, -0.15) is 0 Å². The van der Waals surface area contributed by atoms with Gasteiger partial charge in [-0.3, -0.25) is 19.9 Å². The molecule has 6 nitrogen and oxygen atoms in total. The van der Waals surface area contributed by atoms with Gasteiger partial charge >= 0.3 is 0 Å². The van der Waals surface area contributed by atoms with Crippen molar-refractivity contribution in [2.24, 2.45) is 0 Å². The predicted octanol–water partition coefficient (Wildman–Crippen LogP) is 11.8. The maximum absolute atomic E-state index is 5.36. The maximum atomic E-state index is 5.36. The first-order valence-electron chi connectivity index (χ1n) is 21.9. The Morgan fingerprint density at radius 2 is 0.484 bits per heavy atom. The summed E-state index contributed by atoms with van der Waals surface area (Å²) in [7, 11) is 0. The van der Waals surface area contributed by atoms with Crippen molar-refractivity contribution in [3.8, 4) is 90.1 Å². The lowest BCUT2D eigenvalue weighted by Crippen LogP contribution is -2.16. The van der Waals surface area contributed by atoms with Crippen molar-refractivity contribution >= 4 is 0 Å². The van der Waals surface area contributed by atoms with Gasteiger partial charge in [-0.05, 0) is 165 Å². The zero-order valence-electron chi connectivity index (χ0n) is 34.2. The molecule has 0 saturated heterocycles. The Morgan fingerprint density at radius 1 is 0.242 bits per heavy atom. The number of rotatable bonds is 4. The number of nitrogens with zero attached hydrogens (tertiary/aromatic N) is 6. The SMILES string of the molecule is c1cnc2c(c1)CCc1c-2nc2c(c1-c1ccc(-c3ccc(-c4ccc(-c5c6c(nc7c5CCc5cccnc5-7)-c5ncccc5CC6)cc4)cc3)cc1)CCc1cccnc1-2. The fourth-order valence-electron chi connectivity index (χ4n) is 10.8. The van der Waals surface area contributed by atoms with Crippen molar-refractivity contribution in [3.63, 3.8) is 0 Å². The predicted molar refractivity (Wildman–Crippen MR) is 246 cm³/mol. The third-order valence-corrected chi connectivity index (χ3v) is 13.7. The second-order valence-corrected chi connectivity index (χ2v) is 17.1. The Balaban J connectivity index is 0.832. The van der Waals surface area contributed by atoms with Gasteiger partial charge in [-0.15, -0.1) is 0 Å². The van der Waals surface area contributed by atoms with E-state index in [0.29, 0.717) is 0 Å². The molecule has 4 aliphatic rings. The Morgan fingerprint density at radius 3 is 0.742 bits per heavy atom. The molecular formula is C56H40N6. The molecule has 13 rings (SSSR count). The van der Waals surface area contributed by atoms with Gasteiger partial charge in [-0.25, -0.2) is 9.97 Å². The maximum Gasteiger partial charge on any atom is 0.0935 e. The highest BCUT2D eigenvalue weighted by Crippen LogP contribution is 2.47. The standard InChI is InChI=1S/C56H40N6/c1-5-39-21-25-43-47(44-26-22-40-6-2-30-58-50(40)54(44)61-53(43)49(39)57-29-1)37-17-13-35(14-18-37)33-9-11-34(12-10-33)36-15-19-38(20-16-36)48-45-27-23-41-7-3-31-59-51(41)55(45)62-56-46(48)28-24-42-8-4-32-60-52(42)56/h1-20,29-32H,21-28H2. The van der Waals surface area contributed by atoms with Crippen LogP contribution in [0.25, 0.3) is 90.1 Å². The average molecular weight is 797 g/mol. The summed E-state index contributed by atoms with van der Waals surface area (Å²) >= 11 is 0. The monoisotopic (exact) mass is 796 g/mol. The highest BCUT2D eigenvalue weighted by molar-refractivity contribution is 5.89. The molecule has 3 aromatic carbocycles. The molecule has 0 atom stereocenters. The number of hydrogen-bond donors (Lipinski definition) is 0. The number of hydrogen-bond acceptors (Lipinski definition) is 6. The van der Waals surface area contributed by atoms with Crippen LogP contribution in [0.5, 0.6) is 0 Å². The minimum absolute atomic E-state index is 0.952. The van der Waals surface area contributed by atoms with E-state index in [1.54, 1.807) is 0 Å². The fraction of sp³-hybridized carbons (Fsp3) is 0.143. The van der Waals surface area contributed by atoms with Crippen LogP contribution in [0.15, 0.2) is 146 Å². The van der Waals surface area contributed by atoms with E-state index in [9.17, 15) is 0 Å². The minimum atomic E-state index is 0.952. The van der Waals surface area contributed by atoms with Crippen LogP contribution in [0.1, 0.15) is 44.5 Å². The molecule has 0 amide bonds. The third kappa shape index (κ3) is 5.56. The number of fused-ring (bicyclic) bond motifs is 12. The summed E-state index contributed by atoms with van der Waals surface area (Å²) in [5.41, 5.74) is 28.3. The molecule has 9 aromatic rings. The molecular weight excluding hydrogens is 757 g/mol. The lowest BCUT2D eigenvalue weighted by molar-refractivity contribution is 0.877. The zero-order chi connectivity index (χ0) is 40.7. The van der Waals surface area contributed by atoms with E-state index in [-0.39, 0.29) is 0 Å². The lowest BCUT2D eigenvalue weighted by atomic mass is 9.80. The summed E-state index contributed by atoms with van der Waals surface area (Å²) in [6, 6.07) is 44.3. The highest BCUT2D eigenvalue weighted by atomic mass is 14.9. The molecule has 0 radical (unpaired) electrons. The number of aromatic nitrogens is 6. The molecule has 0 aliphatic heterocycles. The minimum Gasteiger partial charge on any atom is -0.254 e.